The van der Waals surface area contributed by atoms with Crippen LogP contribution in [-0.2, 0) is 46.1 Å². The first kappa shape index (κ1) is 34.5. The normalized spacial score (nSPS) is 11.8. The molecule has 0 heterocycles. The van der Waals surface area contributed by atoms with Crippen LogP contribution in [-0.4, -0.2) is 11.9 Å². The van der Waals surface area contributed by atoms with E-state index in [9.17, 15) is 0 Å². The van der Waals surface area contributed by atoms with E-state index in [0.29, 0.717) is 0 Å². The van der Waals surface area contributed by atoms with Gasteiger partial charge in [-0.15, -0.1) is 0 Å². The Hall–Kier alpha value is -1.56. The van der Waals surface area contributed by atoms with E-state index in [1.165, 1.54) is 86.5 Å². The zero-order valence-corrected chi connectivity index (χ0v) is 26.6. The monoisotopic (exact) mass is 608 g/mol. The fraction of sp³-hybridized carbons (Fsp3) is 0.600. The summed E-state index contributed by atoms with van der Waals surface area (Å²) < 4.78 is 0. The second-order valence-corrected chi connectivity index (χ2v) is 10.7. The van der Waals surface area contributed by atoms with Crippen molar-refractivity contribution in [2.24, 2.45) is 9.98 Å². The number of aryl methyl sites for hydroxylation is 4. The van der Waals surface area contributed by atoms with Crippen LogP contribution in [0.25, 0.3) is 0 Å². The zero-order valence-electron chi connectivity index (χ0n) is 25.1. The van der Waals surface area contributed by atoms with Crippen LogP contribution in [0.15, 0.2) is 46.4 Å². The minimum Gasteiger partial charge on any atom is -0.255 e. The first-order chi connectivity index (χ1) is 18.1. The maximum atomic E-state index is 5.19. The van der Waals surface area contributed by atoms with Crippen LogP contribution >= 0.6 is 0 Å². The Kier molecular flexibility index (Phi) is 19.3. The van der Waals surface area contributed by atoms with Gasteiger partial charge in [0.15, 0.2) is 0 Å². The van der Waals surface area contributed by atoms with Crippen molar-refractivity contribution < 1.29 is 20.4 Å². The molecule has 0 atom stereocenters. The van der Waals surface area contributed by atoms with Crippen molar-refractivity contribution in [1.82, 2.24) is 0 Å². The quantitative estimate of drug-likeness (QED) is 0.0861. The third kappa shape index (κ3) is 14.0. The Balaban J connectivity index is 0.00000722. The Labute approximate surface area is 248 Å². The summed E-state index contributed by atoms with van der Waals surface area (Å²) in [5.74, 6) is 0. The average molecular weight is 609 g/mol. The number of hydrogen-bond acceptors (Lipinski definition) is 2. The molecule has 0 fully saturated rings. The van der Waals surface area contributed by atoms with Crippen molar-refractivity contribution in [3.8, 4) is 0 Å². The number of benzene rings is 2. The molecule has 0 aliphatic carbocycles. The van der Waals surface area contributed by atoms with Gasteiger partial charge in [0.25, 0.3) is 0 Å². The first-order valence-electron chi connectivity index (χ1n) is 15.5. The second-order valence-electron chi connectivity index (χ2n) is 10.7. The smallest absolute Gasteiger partial charge is 0.0639 e. The molecule has 2 aromatic rings. The van der Waals surface area contributed by atoms with Gasteiger partial charge in [-0.3, -0.25) is 9.98 Å². The topological polar surface area (TPSA) is 24.7 Å². The van der Waals surface area contributed by atoms with E-state index in [1.54, 1.807) is 0 Å². The standard InChI is InChI=1S/C35H54N2.Pd/c1-6-11-16-21-33(37-35-26-31(19-14-9-4)23-32(27-35)20-15-10-5)28-36-34-24-29(17-12-7-2)22-30(25-34)18-13-8-3;/h22-28H,6-21H2,1-5H3;/b36-28+,37-33+;. The van der Waals surface area contributed by atoms with Gasteiger partial charge in [0.05, 0.1) is 17.1 Å². The van der Waals surface area contributed by atoms with Crippen LogP contribution in [0.3, 0.4) is 0 Å². The number of rotatable bonds is 19. The third-order valence-corrected chi connectivity index (χ3v) is 7.02. The molecular formula is C35H54N2Pd. The van der Waals surface area contributed by atoms with Crippen LogP contribution < -0.4 is 0 Å². The minimum atomic E-state index is 0. The summed E-state index contributed by atoms with van der Waals surface area (Å²) in [5, 5.41) is 0. The summed E-state index contributed by atoms with van der Waals surface area (Å²) in [7, 11) is 0. The summed E-state index contributed by atoms with van der Waals surface area (Å²) in [4.78, 5) is 10.2. The van der Waals surface area contributed by atoms with Crippen molar-refractivity contribution in [1.29, 1.82) is 0 Å². The van der Waals surface area contributed by atoms with Crippen LogP contribution in [0.2, 0.25) is 0 Å². The van der Waals surface area contributed by atoms with Crippen molar-refractivity contribution >= 4 is 23.3 Å². The maximum Gasteiger partial charge on any atom is 0.0639 e. The van der Waals surface area contributed by atoms with Gasteiger partial charge < -0.3 is 0 Å². The second kappa shape index (κ2) is 21.3. The summed E-state index contributed by atoms with van der Waals surface area (Å²) in [6.07, 6.45) is 21.1. The summed E-state index contributed by atoms with van der Waals surface area (Å²) >= 11 is 0. The van der Waals surface area contributed by atoms with Crippen LogP contribution in [0.4, 0.5) is 11.4 Å². The minimum absolute atomic E-state index is 0. The molecule has 3 heteroatoms. The molecule has 38 heavy (non-hydrogen) atoms. The molecule has 0 amide bonds. The molecule has 0 bridgehead atoms. The van der Waals surface area contributed by atoms with Gasteiger partial charge in [-0.25, -0.2) is 0 Å². The van der Waals surface area contributed by atoms with Crippen molar-refractivity contribution in [3.63, 3.8) is 0 Å². The molecule has 2 nitrogen and oxygen atoms in total. The Bertz CT molecular complexity index is 908. The molecule has 0 aromatic heterocycles. The SMILES string of the molecule is CCCCCC(/C=N/c1cc(CCCC)cc(CCCC)c1)=N\c1cc(CCCC)cc(CCCC)c1.[Pd]. The van der Waals surface area contributed by atoms with Crippen LogP contribution in [0.1, 0.15) is 134 Å². The van der Waals surface area contributed by atoms with Gasteiger partial charge in [0.2, 0.25) is 0 Å². The molecule has 0 N–H and O–H groups in total. The molecule has 0 aliphatic rings. The van der Waals surface area contributed by atoms with Gasteiger partial charge in [0.1, 0.15) is 0 Å². The predicted octanol–water partition coefficient (Wildman–Crippen LogP) is 11.1. The average Bonchev–Trinajstić information content (AvgIpc) is 2.91. The van der Waals surface area contributed by atoms with E-state index >= 15 is 0 Å². The molecule has 0 spiro atoms. The number of aliphatic imine (C=N–C) groups is 2. The van der Waals surface area contributed by atoms with E-state index in [-0.39, 0.29) is 20.4 Å². The Morgan fingerprint density at radius 1 is 0.526 bits per heavy atom. The molecule has 2 rings (SSSR count). The fourth-order valence-corrected chi connectivity index (χ4v) is 4.75. The van der Waals surface area contributed by atoms with Crippen LogP contribution in [0, 0.1) is 0 Å². The molecule has 214 valence electrons. The number of nitrogens with zero attached hydrogens (tertiary/aromatic N) is 2. The molecule has 0 saturated heterocycles. The Morgan fingerprint density at radius 3 is 1.32 bits per heavy atom. The van der Waals surface area contributed by atoms with E-state index in [1.807, 2.05) is 0 Å². The van der Waals surface area contributed by atoms with E-state index in [2.05, 4.69) is 77.2 Å². The largest absolute Gasteiger partial charge is 0.255 e. The van der Waals surface area contributed by atoms with Gasteiger partial charge >= 0.3 is 0 Å². The van der Waals surface area contributed by atoms with Crippen molar-refractivity contribution in [2.75, 3.05) is 0 Å². The molecular weight excluding hydrogens is 555 g/mol. The maximum absolute atomic E-state index is 5.19. The van der Waals surface area contributed by atoms with Gasteiger partial charge in [-0.05, 0) is 111 Å². The van der Waals surface area contributed by atoms with Crippen molar-refractivity contribution in [2.45, 2.75) is 137 Å². The van der Waals surface area contributed by atoms with Crippen molar-refractivity contribution in [3.05, 3.63) is 58.7 Å². The molecule has 0 aliphatic heterocycles. The molecule has 0 radical (unpaired) electrons. The molecule has 0 unspecified atom stereocenters. The number of hydrogen-bond donors (Lipinski definition) is 0. The Morgan fingerprint density at radius 2 is 0.921 bits per heavy atom. The van der Waals surface area contributed by atoms with E-state index in [4.69, 9.17) is 9.98 Å². The predicted molar refractivity (Wildman–Crippen MR) is 167 cm³/mol. The molecule has 2 aromatic carbocycles. The van der Waals surface area contributed by atoms with E-state index in [0.717, 1.165) is 55.6 Å². The number of unbranched alkanes of at least 4 members (excludes halogenated alkanes) is 6. The summed E-state index contributed by atoms with van der Waals surface area (Å²) in [5.41, 5.74) is 9.02. The first-order valence-corrected chi connectivity index (χ1v) is 15.5. The molecule has 0 saturated carbocycles. The summed E-state index contributed by atoms with van der Waals surface area (Å²) in [6, 6.07) is 14.0. The zero-order chi connectivity index (χ0) is 26.7. The van der Waals surface area contributed by atoms with Gasteiger partial charge in [-0.1, -0.05) is 85.3 Å². The summed E-state index contributed by atoms with van der Waals surface area (Å²) in [6.45, 7) is 11.3. The third-order valence-electron chi connectivity index (χ3n) is 7.02. The van der Waals surface area contributed by atoms with Crippen LogP contribution in [0.5, 0.6) is 0 Å². The van der Waals surface area contributed by atoms with E-state index < -0.39 is 0 Å². The van der Waals surface area contributed by atoms with Gasteiger partial charge in [-0.2, -0.15) is 0 Å². The van der Waals surface area contributed by atoms with Gasteiger partial charge in [0, 0.05) is 26.6 Å². The fourth-order valence-electron chi connectivity index (χ4n) is 4.75.